The van der Waals surface area contributed by atoms with Gasteiger partial charge in [0.15, 0.2) is 11.5 Å². The first-order valence-electron chi connectivity index (χ1n) is 6.81. The maximum Gasteiger partial charge on any atom is 0.237 e. The number of methoxy groups -OCH3 is 2. The Balaban J connectivity index is 2.77. The highest BCUT2D eigenvalue weighted by atomic mass is 16.5. The van der Waals surface area contributed by atoms with Crippen molar-refractivity contribution in [3.63, 3.8) is 0 Å². The Bertz CT molecular complexity index is 449. The smallest absolute Gasteiger partial charge is 0.237 e. The summed E-state index contributed by atoms with van der Waals surface area (Å²) in [7, 11) is 3.18. The fraction of sp³-hybridized carbons (Fsp3) is 0.533. The van der Waals surface area contributed by atoms with Crippen LogP contribution in [0.4, 0.5) is 0 Å². The number of nitrogens with one attached hydrogen (secondary N) is 1. The van der Waals surface area contributed by atoms with E-state index in [1.807, 2.05) is 32.0 Å². The van der Waals surface area contributed by atoms with Crippen LogP contribution in [0.3, 0.4) is 0 Å². The molecule has 20 heavy (non-hydrogen) atoms. The summed E-state index contributed by atoms with van der Waals surface area (Å²) >= 11 is 0. The molecule has 1 amide bonds. The fourth-order valence-corrected chi connectivity index (χ4v) is 1.97. The predicted octanol–water partition coefficient (Wildman–Crippen LogP) is 2.01. The molecule has 0 saturated heterocycles. The zero-order valence-electron chi connectivity index (χ0n) is 12.6. The highest BCUT2D eigenvalue weighted by Gasteiger charge is 2.16. The van der Waals surface area contributed by atoms with Crippen molar-refractivity contribution in [3.8, 4) is 11.5 Å². The largest absolute Gasteiger partial charge is 0.493 e. The highest BCUT2D eigenvalue weighted by molar-refractivity contribution is 5.81. The van der Waals surface area contributed by atoms with Gasteiger partial charge in [0.1, 0.15) is 0 Å². The average Bonchev–Trinajstić information content (AvgIpc) is 2.46. The van der Waals surface area contributed by atoms with E-state index in [1.54, 1.807) is 14.2 Å². The van der Waals surface area contributed by atoms with Crippen molar-refractivity contribution < 1.29 is 14.3 Å². The van der Waals surface area contributed by atoms with Gasteiger partial charge >= 0.3 is 0 Å². The maximum absolute atomic E-state index is 11.9. The summed E-state index contributed by atoms with van der Waals surface area (Å²) in [6.45, 7) is 3.92. The van der Waals surface area contributed by atoms with Gasteiger partial charge in [0.2, 0.25) is 5.91 Å². The van der Waals surface area contributed by atoms with E-state index in [0.717, 1.165) is 12.0 Å². The Morgan fingerprint density at radius 3 is 2.50 bits per heavy atom. The summed E-state index contributed by atoms with van der Waals surface area (Å²) < 4.78 is 10.4. The minimum absolute atomic E-state index is 0.130. The molecule has 0 aromatic heterocycles. The van der Waals surface area contributed by atoms with Crippen molar-refractivity contribution in [2.75, 3.05) is 14.2 Å². The first kappa shape index (κ1) is 16.3. The third kappa shape index (κ3) is 4.13. The SMILES string of the molecule is CCC[C@H](N)C(=O)NC(C)c1ccc(OC)c(OC)c1. The van der Waals surface area contributed by atoms with E-state index in [9.17, 15) is 4.79 Å². The predicted molar refractivity (Wildman–Crippen MR) is 79.0 cm³/mol. The normalized spacial score (nSPS) is 13.4. The Morgan fingerprint density at radius 2 is 1.95 bits per heavy atom. The minimum atomic E-state index is -0.456. The van der Waals surface area contributed by atoms with Gasteiger partial charge in [0.05, 0.1) is 26.3 Å². The first-order chi connectivity index (χ1) is 9.53. The summed E-state index contributed by atoms with van der Waals surface area (Å²) in [6.07, 6.45) is 1.57. The number of nitrogens with two attached hydrogens (primary N) is 1. The van der Waals surface area contributed by atoms with Crippen LogP contribution in [0.1, 0.15) is 38.3 Å². The number of rotatable bonds is 7. The summed E-state index contributed by atoms with van der Waals surface area (Å²) in [6, 6.07) is 4.99. The molecule has 1 aromatic carbocycles. The topological polar surface area (TPSA) is 73.6 Å². The molecule has 3 N–H and O–H groups in total. The molecular formula is C15H24N2O3. The number of amides is 1. The van der Waals surface area contributed by atoms with Crippen LogP contribution < -0.4 is 20.5 Å². The van der Waals surface area contributed by atoms with Gasteiger partial charge in [-0.25, -0.2) is 0 Å². The van der Waals surface area contributed by atoms with Crippen LogP contribution in [0, 0.1) is 0 Å². The molecule has 0 aliphatic rings. The van der Waals surface area contributed by atoms with Crippen molar-refractivity contribution in [2.45, 2.75) is 38.8 Å². The Labute approximate surface area is 120 Å². The highest BCUT2D eigenvalue weighted by Crippen LogP contribution is 2.29. The molecule has 1 unspecified atom stereocenters. The number of ether oxygens (including phenoxy) is 2. The van der Waals surface area contributed by atoms with E-state index < -0.39 is 6.04 Å². The second kappa shape index (κ2) is 7.75. The van der Waals surface area contributed by atoms with Crippen LogP contribution in [-0.4, -0.2) is 26.2 Å². The van der Waals surface area contributed by atoms with Crippen molar-refractivity contribution in [1.29, 1.82) is 0 Å². The number of hydrogen-bond donors (Lipinski definition) is 2. The second-order valence-corrected chi connectivity index (χ2v) is 4.74. The molecule has 0 spiro atoms. The van der Waals surface area contributed by atoms with Gasteiger partial charge < -0.3 is 20.5 Å². The van der Waals surface area contributed by atoms with Crippen LogP contribution >= 0.6 is 0 Å². The molecule has 5 heteroatoms. The molecule has 1 aromatic rings. The van der Waals surface area contributed by atoms with Crippen LogP contribution in [0.5, 0.6) is 11.5 Å². The van der Waals surface area contributed by atoms with Crippen LogP contribution in [0.25, 0.3) is 0 Å². The second-order valence-electron chi connectivity index (χ2n) is 4.74. The Kier molecular flexibility index (Phi) is 6.31. The van der Waals surface area contributed by atoms with E-state index >= 15 is 0 Å². The lowest BCUT2D eigenvalue weighted by atomic mass is 10.1. The summed E-state index contributed by atoms with van der Waals surface area (Å²) in [5.41, 5.74) is 6.74. The van der Waals surface area contributed by atoms with Crippen molar-refractivity contribution in [2.24, 2.45) is 5.73 Å². The standard InChI is InChI=1S/C15H24N2O3/c1-5-6-12(16)15(18)17-10(2)11-7-8-13(19-3)14(9-11)20-4/h7-10,12H,5-6,16H2,1-4H3,(H,17,18)/t10?,12-/m0/s1. The lowest BCUT2D eigenvalue weighted by Crippen LogP contribution is -2.41. The Hall–Kier alpha value is -1.75. The van der Waals surface area contributed by atoms with Gasteiger partial charge in [-0.05, 0) is 31.0 Å². The summed E-state index contributed by atoms with van der Waals surface area (Å²) in [5.74, 6) is 1.18. The van der Waals surface area contributed by atoms with Gasteiger partial charge in [0, 0.05) is 0 Å². The van der Waals surface area contributed by atoms with Gasteiger partial charge in [-0.2, -0.15) is 0 Å². The van der Waals surface area contributed by atoms with Gasteiger partial charge in [-0.3, -0.25) is 4.79 Å². The average molecular weight is 280 g/mol. The van der Waals surface area contributed by atoms with Crippen LogP contribution in [0.15, 0.2) is 18.2 Å². The molecule has 0 heterocycles. The molecule has 0 radical (unpaired) electrons. The molecule has 5 nitrogen and oxygen atoms in total. The third-order valence-electron chi connectivity index (χ3n) is 3.20. The first-order valence-corrected chi connectivity index (χ1v) is 6.81. The van der Waals surface area contributed by atoms with E-state index in [1.165, 1.54) is 0 Å². The van der Waals surface area contributed by atoms with Crippen LogP contribution in [-0.2, 0) is 4.79 Å². The molecule has 0 bridgehead atoms. The van der Waals surface area contributed by atoms with Gasteiger partial charge in [0.25, 0.3) is 0 Å². The van der Waals surface area contributed by atoms with E-state index in [4.69, 9.17) is 15.2 Å². The van der Waals surface area contributed by atoms with E-state index in [-0.39, 0.29) is 11.9 Å². The molecule has 1 rings (SSSR count). The summed E-state index contributed by atoms with van der Waals surface area (Å²) in [5, 5.41) is 2.91. The molecule has 0 saturated carbocycles. The van der Waals surface area contributed by atoms with Crippen molar-refractivity contribution >= 4 is 5.91 Å². The minimum Gasteiger partial charge on any atom is -0.493 e. The fourth-order valence-electron chi connectivity index (χ4n) is 1.97. The third-order valence-corrected chi connectivity index (χ3v) is 3.20. The maximum atomic E-state index is 11.9. The lowest BCUT2D eigenvalue weighted by molar-refractivity contribution is -0.123. The molecular weight excluding hydrogens is 256 g/mol. The molecule has 0 fully saturated rings. The number of hydrogen-bond acceptors (Lipinski definition) is 4. The summed E-state index contributed by atoms with van der Waals surface area (Å²) in [4.78, 5) is 11.9. The quantitative estimate of drug-likeness (QED) is 0.801. The molecule has 0 aliphatic carbocycles. The Morgan fingerprint density at radius 1 is 1.30 bits per heavy atom. The van der Waals surface area contributed by atoms with E-state index in [2.05, 4.69) is 5.32 Å². The van der Waals surface area contributed by atoms with Crippen molar-refractivity contribution in [3.05, 3.63) is 23.8 Å². The number of benzene rings is 1. The number of carbonyl (C=O) groups is 1. The zero-order valence-corrected chi connectivity index (χ0v) is 12.6. The van der Waals surface area contributed by atoms with Gasteiger partial charge in [-0.15, -0.1) is 0 Å². The van der Waals surface area contributed by atoms with Gasteiger partial charge in [-0.1, -0.05) is 19.4 Å². The zero-order chi connectivity index (χ0) is 15.1. The number of carbonyl (C=O) groups excluding carboxylic acids is 1. The monoisotopic (exact) mass is 280 g/mol. The lowest BCUT2D eigenvalue weighted by Gasteiger charge is -2.19. The molecule has 112 valence electrons. The van der Waals surface area contributed by atoms with Crippen molar-refractivity contribution in [1.82, 2.24) is 5.32 Å². The van der Waals surface area contributed by atoms with Crippen LogP contribution in [0.2, 0.25) is 0 Å². The molecule has 2 atom stereocenters. The van der Waals surface area contributed by atoms with E-state index in [0.29, 0.717) is 17.9 Å². The molecule has 0 aliphatic heterocycles.